The first kappa shape index (κ1) is 17.7. The lowest BCUT2D eigenvalue weighted by atomic mass is 9.74. The Morgan fingerprint density at radius 2 is 2.32 bits per heavy atom. The minimum Gasteiger partial charge on any atom is -0.370 e. The van der Waals surface area contributed by atoms with E-state index in [-0.39, 0.29) is 35.9 Å². The summed E-state index contributed by atoms with van der Waals surface area (Å²) in [4.78, 5) is 14.8. The Balaban J connectivity index is 0.00000176. The van der Waals surface area contributed by atoms with E-state index in [0.29, 0.717) is 19.7 Å². The predicted octanol–water partition coefficient (Wildman–Crippen LogP) is 2.98. The highest BCUT2D eigenvalue weighted by Crippen LogP contribution is 2.34. The molecule has 4 nitrogen and oxygen atoms in total. The number of carbonyl (C=O) groups is 1. The number of nitrogens with zero attached hydrogens (tertiary/aromatic N) is 1. The topological polar surface area (TPSA) is 55.6 Å². The number of rotatable bonds is 2. The lowest BCUT2D eigenvalue weighted by Crippen LogP contribution is -2.55. The van der Waals surface area contributed by atoms with E-state index in [0.717, 1.165) is 25.7 Å². The third-order valence-corrected chi connectivity index (χ3v) is 5.55. The maximum Gasteiger partial charge on any atom is 0.227 e. The highest BCUT2D eigenvalue weighted by atomic mass is 35.5. The molecule has 1 aliphatic heterocycles. The monoisotopic (exact) mass is 344 g/mol. The molecule has 3 rings (SSSR count). The normalized spacial score (nSPS) is 32.4. The molecule has 1 aromatic heterocycles. The molecule has 2 fully saturated rings. The first-order valence-corrected chi connectivity index (χ1v) is 8.73. The van der Waals surface area contributed by atoms with E-state index in [1.54, 1.807) is 11.3 Å². The van der Waals surface area contributed by atoms with Crippen LogP contribution >= 0.6 is 23.7 Å². The quantitative estimate of drug-likeness (QED) is 0.897. The van der Waals surface area contributed by atoms with Gasteiger partial charge in [0.25, 0.3) is 0 Å². The zero-order chi connectivity index (χ0) is 14.9. The molecule has 1 aromatic rings. The molecule has 1 amide bonds. The second-order valence-electron chi connectivity index (χ2n) is 6.50. The summed E-state index contributed by atoms with van der Waals surface area (Å²) in [5.41, 5.74) is 7.20. The van der Waals surface area contributed by atoms with Gasteiger partial charge in [-0.3, -0.25) is 4.79 Å². The van der Waals surface area contributed by atoms with Crippen molar-refractivity contribution in [2.75, 3.05) is 19.7 Å². The Kier molecular flexibility index (Phi) is 5.88. The summed E-state index contributed by atoms with van der Waals surface area (Å²) >= 11 is 1.67. The Morgan fingerprint density at radius 3 is 3.00 bits per heavy atom. The Morgan fingerprint density at radius 1 is 1.50 bits per heavy atom. The second-order valence-corrected chi connectivity index (χ2v) is 7.28. The van der Waals surface area contributed by atoms with Gasteiger partial charge < -0.3 is 15.4 Å². The number of morpholine rings is 1. The number of hydrogen-bond donors (Lipinski definition) is 1. The number of amides is 1. The Hall–Kier alpha value is -0.620. The molecule has 1 saturated carbocycles. The fraction of sp³-hybridized carbons (Fsp3) is 0.688. The number of ether oxygens (including phenoxy) is 1. The van der Waals surface area contributed by atoms with Crippen LogP contribution < -0.4 is 5.73 Å². The molecule has 2 aliphatic rings. The van der Waals surface area contributed by atoms with E-state index in [4.69, 9.17) is 10.5 Å². The molecule has 3 unspecified atom stereocenters. The Labute approximate surface area is 142 Å². The van der Waals surface area contributed by atoms with Gasteiger partial charge in [-0.25, -0.2) is 0 Å². The molecule has 3 atom stereocenters. The van der Waals surface area contributed by atoms with Crippen molar-refractivity contribution in [2.45, 2.75) is 44.2 Å². The van der Waals surface area contributed by atoms with Crippen LogP contribution in [0.2, 0.25) is 0 Å². The first-order chi connectivity index (χ1) is 10.1. The van der Waals surface area contributed by atoms with Crippen LogP contribution in [-0.4, -0.2) is 36.0 Å². The second kappa shape index (κ2) is 7.30. The van der Waals surface area contributed by atoms with Crippen LogP contribution in [0.3, 0.4) is 0 Å². The molecule has 22 heavy (non-hydrogen) atoms. The molecular formula is C16H25ClN2O2S. The van der Waals surface area contributed by atoms with E-state index in [1.165, 1.54) is 5.56 Å². The van der Waals surface area contributed by atoms with Crippen molar-refractivity contribution in [2.24, 2.45) is 11.7 Å². The van der Waals surface area contributed by atoms with Crippen molar-refractivity contribution in [3.05, 3.63) is 22.4 Å². The summed E-state index contributed by atoms with van der Waals surface area (Å²) in [5.74, 6) is 0.190. The van der Waals surface area contributed by atoms with Gasteiger partial charge >= 0.3 is 0 Å². The largest absolute Gasteiger partial charge is 0.370 e. The van der Waals surface area contributed by atoms with Crippen LogP contribution in [-0.2, 0) is 9.53 Å². The van der Waals surface area contributed by atoms with Gasteiger partial charge in [0.2, 0.25) is 5.91 Å². The summed E-state index contributed by atoms with van der Waals surface area (Å²) in [6.07, 6.45) is 4.13. The molecule has 0 aromatic carbocycles. The van der Waals surface area contributed by atoms with Gasteiger partial charge in [-0.2, -0.15) is 11.3 Å². The number of thiophene rings is 1. The lowest BCUT2D eigenvalue weighted by molar-refractivity contribution is -0.146. The van der Waals surface area contributed by atoms with Crippen LogP contribution in [0.5, 0.6) is 0 Å². The minimum atomic E-state index is -0.356. The zero-order valence-corrected chi connectivity index (χ0v) is 14.6. The third kappa shape index (κ3) is 3.65. The molecule has 124 valence electrons. The highest BCUT2D eigenvalue weighted by Gasteiger charge is 2.40. The smallest absolute Gasteiger partial charge is 0.227 e. The molecule has 2 N–H and O–H groups in total. The predicted molar refractivity (Wildman–Crippen MR) is 91.4 cm³/mol. The minimum absolute atomic E-state index is 0. The molecule has 1 aliphatic carbocycles. The highest BCUT2D eigenvalue weighted by molar-refractivity contribution is 7.07. The average Bonchev–Trinajstić information content (AvgIpc) is 3.00. The van der Waals surface area contributed by atoms with Gasteiger partial charge in [-0.15, -0.1) is 12.4 Å². The van der Waals surface area contributed by atoms with Crippen molar-refractivity contribution < 1.29 is 9.53 Å². The molecular weight excluding hydrogens is 320 g/mol. The molecule has 0 radical (unpaired) electrons. The number of carbonyl (C=O) groups excluding carboxylic acids is 1. The van der Waals surface area contributed by atoms with Crippen LogP contribution in [0.15, 0.2) is 16.8 Å². The van der Waals surface area contributed by atoms with Gasteiger partial charge in [0, 0.05) is 12.1 Å². The lowest BCUT2D eigenvalue weighted by Gasteiger charge is -2.42. The molecule has 0 spiro atoms. The van der Waals surface area contributed by atoms with Gasteiger partial charge in [0.15, 0.2) is 0 Å². The van der Waals surface area contributed by atoms with Crippen molar-refractivity contribution in [1.29, 1.82) is 0 Å². The van der Waals surface area contributed by atoms with E-state index in [2.05, 4.69) is 16.8 Å². The van der Waals surface area contributed by atoms with Gasteiger partial charge in [0.1, 0.15) is 6.10 Å². The van der Waals surface area contributed by atoms with Crippen molar-refractivity contribution in [1.82, 2.24) is 4.90 Å². The average molecular weight is 345 g/mol. The van der Waals surface area contributed by atoms with Crippen LogP contribution in [0, 0.1) is 5.92 Å². The Bertz CT molecular complexity index is 492. The van der Waals surface area contributed by atoms with Gasteiger partial charge in [0.05, 0.1) is 19.1 Å². The maximum absolute atomic E-state index is 12.9. The summed E-state index contributed by atoms with van der Waals surface area (Å²) in [6.45, 7) is 3.99. The third-order valence-electron chi connectivity index (χ3n) is 4.85. The zero-order valence-electron chi connectivity index (χ0n) is 13.0. The molecule has 2 heterocycles. The number of hydrogen-bond acceptors (Lipinski definition) is 4. The summed E-state index contributed by atoms with van der Waals surface area (Å²) in [7, 11) is 0. The molecule has 6 heteroatoms. The number of halogens is 1. The summed E-state index contributed by atoms with van der Waals surface area (Å²) in [6, 6.07) is 2.08. The first-order valence-electron chi connectivity index (χ1n) is 7.79. The van der Waals surface area contributed by atoms with E-state index >= 15 is 0 Å². The van der Waals surface area contributed by atoms with Crippen molar-refractivity contribution in [3.8, 4) is 0 Å². The van der Waals surface area contributed by atoms with E-state index in [9.17, 15) is 4.79 Å². The maximum atomic E-state index is 12.9. The fourth-order valence-electron chi connectivity index (χ4n) is 3.49. The van der Waals surface area contributed by atoms with Crippen LogP contribution in [0.25, 0.3) is 0 Å². The molecule has 1 saturated heterocycles. The van der Waals surface area contributed by atoms with Gasteiger partial charge in [-0.05, 0) is 42.2 Å². The van der Waals surface area contributed by atoms with Crippen molar-refractivity contribution >= 4 is 29.7 Å². The van der Waals surface area contributed by atoms with Gasteiger partial charge in [-0.1, -0.05) is 12.8 Å². The van der Waals surface area contributed by atoms with E-state index in [1.807, 2.05) is 11.8 Å². The standard InChI is InChI=1S/C16H24N2O2S.ClH/c1-16(17)6-3-2-4-13(16)15(19)18-7-8-20-14(10-18)12-5-9-21-11-12;/h5,9,11,13-14H,2-4,6-8,10,17H2,1H3;1H. The fourth-order valence-corrected chi connectivity index (χ4v) is 4.20. The summed E-state index contributed by atoms with van der Waals surface area (Å²) in [5, 5.41) is 4.16. The van der Waals surface area contributed by atoms with Crippen LogP contribution in [0.1, 0.15) is 44.3 Å². The molecule has 0 bridgehead atoms. The van der Waals surface area contributed by atoms with Crippen molar-refractivity contribution in [3.63, 3.8) is 0 Å². The number of nitrogens with two attached hydrogens (primary N) is 1. The van der Waals surface area contributed by atoms with Crippen LogP contribution in [0.4, 0.5) is 0 Å². The SMILES string of the molecule is CC1(N)CCCCC1C(=O)N1CCOC(c2ccsc2)C1.Cl. The summed E-state index contributed by atoms with van der Waals surface area (Å²) < 4.78 is 5.82. The van der Waals surface area contributed by atoms with E-state index < -0.39 is 0 Å².